The Hall–Kier alpha value is -0.940. The Morgan fingerprint density at radius 2 is 1.95 bits per heavy atom. The van der Waals surface area contributed by atoms with E-state index in [9.17, 15) is 0 Å². The maximum Gasteiger partial charge on any atom is 0.216 e. The van der Waals surface area contributed by atoms with Crippen molar-refractivity contribution in [2.45, 2.75) is 63.5 Å². The average molecular weight is 265 g/mol. The topological polar surface area (TPSA) is 60.2 Å². The number of hydrogen-bond acceptors (Lipinski definition) is 5. The summed E-state index contributed by atoms with van der Waals surface area (Å²) in [7, 11) is 0. The molecule has 5 heteroatoms. The SMILES string of the molecule is C(CNC1CC1)Cc1nnc(CCC2CCCO2)o1. The van der Waals surface area contributed by atoms with Gasteiger partial charge in [0.25, 0.3) is 0 Å². The molecule has 1 saturated heterocycles. The first kappa shape index (κ1) is 13.1. The van der Waals surface area contributed by atoms with Gasteiger partial charge in [-0.2, -0.15) is 0 Å². The van der Waals surface area contributed by atoms with E-state index in [1.807, 2.05) is 0 Å². The van der Waals surface area contributed by atoms with Crippen molar-refractivity contribution >= 4 is 0 Å². The molecule has 1 aliphatic heterocycles. The lowest BCUT2D eigenvalue weighted by Gasteiger charge is -2.05. The molecule has 1 saturated carbocycles. The largest absolute Gasteiger partial charge is 0.425 e. The van der Waals surface area contributed by atoms with Gasteiger partial charge in [-0.15, -0.1) is 10.2 Å². The van der Waals surface area contributed by atoms with Crippen LogP contribution < -0.4 is 5.32 Å². The maximum atomic E-state index is 5.66. The highest BCUT2D eigenvalue weighted by molar-refractivity contribution is 4.85. The highest BCUT2D eigenvalue weighted by Gasteiger charge is 2.20. The standard InChI is InChI=1S/C14H23N3O2/c1(9-15-11-5-6-11)4-13-16-17-14(19-13)8-7-12-3-2-10-18-12/h11-12,15H,1-10H2. The van der Waals surface area contributed by atoms with Crippen LogP contribution in [0.4, 0.5) is 0 Å². The van der Waals surface area contributed by atoms with E-state index in [4.69, 9.17) is 9.15 Å². The van der Waals surface area contributed by atoms with E-state index in [-0.39, 0.29) is 0 Å². The van der Waals surface area contributed by atoms with Crippen LogP contribution in [0.2, 0.25) is 0 Å². The molecule has 0 spiro atoms. The molecule has 5 nitrogen and oxygen atoms in total. The first-order valence-corrected chi connectivity index (χ1v) is 7.56. The maximum absolute atomic E-state index is 5.66. The highest BCUT2D eigenvalue weighted by atomic mass is 16.5. The summed E-state index contributed by atoms with van der Waals surface area (Å²) in [5, 5.41) is 11.7. The third kappa shape index (κ3) is 4.28. The predicted octanol–water partition coefficient (Wildman–Crippen LogP) is 1.87. The van der Waals surface area contributed by atoms with Crippen molar-refractivity contribution in [2.24, 2.45) is 0 Å². The third-order valence-electron chi connectivity index (χ3n) is 3.79. The number of nitrogens with zero attached hydrogens (tertiary/aromatic N) is 2. The summed E-state index contributed by atoms with van der Waals surface area (Å²) >= 11 is 0. The normalized spacial score (nSPS) is 23.1. The van der Waals surface area contributed by atoms with Gasteiger partial charge in [-0.05, 0) is 45.1 Å². The summed E-state index contributed by atoms with van der Waals surface area (Å²) in [5.74, 6) is 1.54. The zero-order chi connectivity index (χ0) is 12.9. The van der Waals surface area contributed by atoms with E-state index in [1.165, 1.54) is 25.7 Å². The van der Waals surface area contributed by atoms with Gasteiger partial charge in [0.1, 0.15) is 0 Å². The minimum atomic E-state index is 0.401. The Morgan fingerprint density at radius 3 is 2.68 bits per heavy atom. The second kappa shape index (κ2) is 6.48. The molecule has 0 amide bonds. The number of aromatic nitrogens is 2. The Balaban J connectivity index is 1.33. The van der Waals surface area contributed by atoms with Gasteiger partial charge in [0.15, 0.2) is 0 Å². The van der Waals surface area contributed by atoms with Crippen LogP contribution in [0.5, 0.6) is 0 Å². The van der Waals surface area contributed by atoms with Gasteiger partial charge in [-0.3, -0.25) is 0 Å². The molecule has 1 aromatic rings. The van der Waals surface area contributed by atoms with Gasteiger partial charge in [0, 0.05) is 25.5 Å². The molecule has 1 unspecified atom stereocenters. The monoisotopic (exact) mass is 265 g/mol. The molecular formula is C14H23N3O2. The number of aryl methyl sites for hydroxylation is 2. The van der Waals surface area contributed by atoms with Crippen LogP contribution in [0.1, 0.15) is 50.3 Å². The Kier molecular flexibility index (Phi) is 4.45. The summed E-state index contributed by atoms with van der Waals surface area (Å²) in [4.78, 5) is 0. The molecule has 106 valence electrons. The highest BCUT2D eigenvalue weighted by Crippen LogP contribution is 2.19. The van der Waals surface area contributed by atoms with E-state index in [2.05, 4.69) is 15.5 Å². The number of hydrogen-bond donors (Lipinski definition) is 1. The van der Waals surface area contributed by atoms with E-state index in [1.54, 1.807) is 0 Å². The van der Waals surface area contributed by atoms with Gasteiger partial charge >= 0.3 is 0 Å². The van der Waals surface area contributed by atoms with Crippen LogP contribution in [0.25, 0.3) is 0 Å². The fourth-order valence-corrected chi connectivity index (χ4v) is 2.48. The van der Waals surface area contributed by atoms with E-state index >= 15 is 0 Å². The van der Waals surface area contributed by atoms with Crippen LogP contribution in [0, 0.1) is 0 Å². The van der Waals surface area contributed by atoms with Crippen molar-refractivity contribution in [1.82, 2.24) is 15.5 Å². The van der Waals surface area contributed by atoms with E-state index < -0.39 is 0 Å². The quantitative estimate of drug-likeness (QED) is 0.727. The molecule has 0 aromatic carbocycles. The van der Waals surface area contributed by atoms with Crippen LogP contribution >= 0.6 is 0 Å². The van der Waals surface area contributed by atoms with Crippen molar-refractivity contribution in [3.05, 3.63) is 11.8 Å². The fourth-order valence-electron chi connectivity index (χ4n) is 2.48. The number of nitrogens with one attached hydrogen (secondary N) is 1. The molecule has 2 heterocycles. The van der Waals surface area contributed by atoms with Crippen LogP contribution in [0.3, 0.4) is 0 Å². The van der Waals surface area contributed by atoms with Crippen molar-refractivity contribution in [2.75, 3.05) is 13.2 Å². The summed E-state index contributed by atoms with van der Waals surface area (Å²) in [6.07, 6.45) is 9.25. The van der Waals surface area contributed by atoms with Gasteiger partial charge in [0.2, 0.25) is 11.8 Å². The molecule has 3 rings (SSSR count). The van der Waals surface area contributed by atoms with Crippen molar-refractivity contribution in [1.29, 1.82) is 0 Å². The Bertz CT molecular complexity index is 384. The molecule has 0 radical (unpaired) electrons. The zero-order valence-electron chi connectivity index (χ0n) is 11.4. The number of ether oxygens (including phenoxy) is 1. The predicted molar refractivity (Wildman–Crippen MR) is 70.9 cm³/mol. The van der Waals surface area contributed by atoms with E-state index in [0.29, 0.717) is 6.10 Å². The van der Waals surface area contributed by atoms with Gasteiger partial charge in [0.05, 0.1) is 6.10 Å². The first-order valence-electron chi connectivity index (χ1n) is 7.56. The molecule has 1 aromatic heterocycles. The zero-order valence-corrected chi connectivity index (χ0v) is 11.4. The Morgan fingerprint density at radius 1 is 1.11 bits per heavy atom. The molecule has 0 bridgehead atoms. The minimum absolute atomic E-state index is 0.401. The fraction of sp³-hybridized carbons (Fsp3) is 0.857. The molecule has 1 atom stereocenters. The lowest BCUT2D eigenvalue weighted by Crippen LogP contribution is -2.17. The van der Waals surface area contributed by atoms with Crippen molar-refractivity contribution in [3.63, 3.8) is 0 Å². The smallest absolute Gasteiger partial charge is 0.216 e. The first-order chi connectivity index (χ1) is 9.40. The third-order valence-corrected chi connectivity index (χ3v) is 3.79. The lowest BCUT2D eigenvalue weighted by molar-refractivity contribution is 0.103. The molecule has 19 heavy (non-hydrogen) atoms. The molecule has 1 N–H and O–H groups in total. The lowest BCUT2D eigenvalue weighted by atomic mass is 10.1. The Labute approximate surface area is 114 Å². The summed E-state index contributed by atoms with van der Waals surface area (Å²) in [6, 6.07) is 0.782. The summed E-state index contributed by atoms with van der Waals surface area (Å²) in [5.41, 5.74) is 0. The van der Waals surface area contributed by atoms with Gasteiger partial charge in [-0.25, -0.2) is 0 Å². The number of rotatable bonds is 8. The molecule has 2 fully saturated rings. The molecular weight excluding hydrogens is 242 g/mol. The van der Waals surface area contributed by atoms with Crippen LogP contribution in [-0.4, -0.2) is 35.5 Å². The average Bonchev–Trinajstić information content (AvgIpc) is 2.92. The minimum Gasteiger partial charge on any atom is -0.425 e. The second-order valence-electron chi connectivity index (χ2n) is 5.60. The van der Waals surface area contributed by atoms with E-state index in [0.717, 1.165) is 56.7 Å². The summed E-state index contributed by atoms with van der Waals surface area (Å²) < 4.78 is 11.3. The van der Waals surface area contributed by atoms with Crippen molar-refractivity contribution in [3.8, 4) is 0 Å². The molecule has 1 aliphatic carbocycles. The van der Waals surface area contributed by atoms with Crippen LogP contribution in [0.15, 0.2) is 4.42 Å². The van der Waals surface area contributed by atoms with Crippen molar-refractivity contribution < 1.29 is 9.15 Å². The summed E-state index contributed by atoms with van der Waals surface area (Å²) in [6.45, 7) is 1.96. The van der Waals surface area contributed by atoms with Gasteiger partial charge in [-0.1, -0.05) is 0 Å². The van der Waals surface area contributed by atoms with Gasteiger partial charge < -0.3 is 14.5 Å². The molecule has 2 aliphatic rings. The van der Waals surface area contributed by atoms with Crippen LogP contribution in [-0.2, 0) is 17.6 Å². The second-order valence-corrected chi connectivity index (χ2v) is 5.60.